The first kappa shape index (κ1) is 21.8. The van der Waals surface area contributed by atoms with Crippen molar-refractivity contribution in [1.82, 2.24) is 4.98 Å². The van der Waals surface area contributed by atoms with Gasteiger partial charge in [-0.2, -0.15) is 0 Å². The summed E-state index contributed by atoms with van der Waals surface area (Å²) in [6.45, 7) is 6.07. The molecule has 2 heterocycles. The molecule has 0 radical (unpaired) electrons. The number of halogens is 1. The minimum Gasteiger partial charge on any atom is -0.394 e. The SMILES string of the molecule is CC(C)(C)c1ccc(Cc2sc([C@@H]3O[C@H](CO)[C@@H](O)[C@H](O)[C@H]3O)nc2Br)cc1. The zero-order valence-electron chi connectivity index (χ0n) is 16.0. The third kappa shape index (κ3) is 4.48. The lowest BCUT2D eigenvalue weighted by atomic mass is 9.86. The van der Waals surface area contributed by atoms with Gasteiger partial charge in [-0.3, -0.25) is 0 Å². The van der Waals surface area contributed by atoms with Crippen LogP contribution in [0.5, 0.6) is 0 Å². The van der Waals surface area contributed by atoms with Gasteiger partial charge in [0.05, 0.1) is 6.61 Å². The summed E-state index contributed by atoms with van der Waals surface area (Å²) in [4.78, 5) is 5.41. The molecule has 1 aliphatic rings. The third-order valence-corrected chi connectivity index (χ3v) is 7.02. The average molecular weight is 472 g/mol. The minimum atomic E-state index is -1.41. The summed E-state index contributed by atoms with van der Waals surface area (Å²) in [5.41, 5.74) is 2.50. The van der Waals surface area contributed by atoms with Gasteiger partial charge in [-0.1, -0.05) is 45.0 Å². The maximum Gasteiger partial charge on any atom is 0.138 e. The molecule has 6 nitrogen and oxygen atoms in total. The Morgan fingerprint density at radius 3 is 2.29 bits per heavy atom. The highest BCUT2D eigenvalue weighted by Crippen LogP contribution is 2.37. The Morgan fingerprint density at radius 1 is 1.07 bits per heavy atom. The molecule has 0 unspecified atom stereocenters. The molecule has 0 spiro atoms. The van der Waals surface area contributed by atoms with E-state index >= 15 is 0 Å². The van der Waals surface area contributed by atoms with Crippen molar-refractivity contribution in [3.05, 3.63) is 49.9 Å². The molecule has 1 fully saturated rings. The van der Waals surface area contributed by atoms with Crippen LogP contribution in [-0.2, 0) is 16.6 Å². The van der Waals surface area contributed by atoms with Gasteiger partial charge in [-0.25, -0.2) is 4.98 Å². The van der Waals surface area contributed by atoms with Crippen LogP contribution in [0.25, 0.3) is 0 Å². The fraction of sp³-hybridized carbons (Fsp3) is 0.550. The summed E-state index contributed by atoms with van der Waals surface area (Å²) in [6.07, 6.45) is -5.30. The molecule has 1 aromatic heterocycles. The van der Waals surface area contributed by atoms with E-state index < -0.39 is 37.1 Å². The first-order valence-corrected chi connectivity index (χ1v) is 10.8. The molecule has 154 valence electrons. The number of aliphatic hydroxyl groups excluding tert-OH is 4. The van der Waals surface area contributed by atoms with Crippen LogP contribution in [0.15, 0.2) is 28.9 Å². The largest absolute Gasteiger partial charge is 0.394 e. The average Bonchev–Trinajstić information content (AvgIpc) is 3.00. The van der Waals surface area contributed by atoms with Crippen molar-refractivity contribution >= 4 is 27.3 Å². The highest BCUT2D eigenvalue weighted by Gasteiger charge is 2.45. The van der Waals surface area contributed by atoms with E-state index in [1.807, 2.05) is 0 Å². The number of thiazole rings is 1. The van der Waals surface area contributed by atoms with Crippen LogP contribution in [0.1, 0.15) is 47.9 Å². The second-order valence-corrected chi connectivity index (χ2v) is 10.0. The number of rotatable bonds is 4. The summed E-state index contributed by atoms with van der Waals surface area (Å²) >= 11 is 4.84. The van der Waals surface area contributed by atoms with Crippen LogP contribution in [-0.4, -0.2) is 56.4 Å². The van der Waals surface area contributed by atoms with Crippen molar-refractivity contribution in [1.29, 1.82) is 0 Å². The van der Waals surface area contributed by atoms with Crippen LogP contribution >= 0.6 is 27.3 Å². The molecular weight excluding hydrogens is 446 g/mol. The smallest absolute Gasteiger partial charge is 0.138 e. The van der Waals surface area contributed by atoms with E-state index in [0.29, 0.717) is 16.0 Å². The molecule has 0 aliphatic carbocycles. The quantitative estimate of drug-likeness (QED) is 0.545. The van der Waals surface area contributed by atoms with Gasteiger partial charge in [-0.15, -0.1) is 11.3 Å². The minimum absolute atomic E-state index is 0.0971. The maximum atomic E-state index is 10.3. The zero-order chi connectivity index (χ0) is 20.6. The van der Waals surface area contributed by atoms with E-state index in [4.69, 9.17) is 4.74 Å². The number of ether oxygens (including phenoxy) is 1. The lowest BCUT2D eigenvalue weighted by molar-refractivity contribution is -0.231. The third-order valence-electron chi connectivity index (χ3n) is 4.99. The van der Waals surface area contributed by atoms with Gasteiger partial charge in [0.15, 0.2) is 0 Å². The molecule has 1 aromatic carbocycles. The fourth-order valence-electron chi connectivity index (χ4n) is 3.19. The first-order chi connectivity index (χ1) is 13.1. The Kier molecular flexibility index (Phi) is 6.61. The lowest BCUT2D eigenvalue weighted by Gasteiger charge is -2.39. The van der Waals surface area contributed by atoms with Gasteiger partial charge >= 0.3 is 0 Å². The van der Waals surface area contributed by atoms with Gasteiger partial charge in [0.25, 0.3) is 0 Å². The van der Waals surface area contributed by atoms with Gasteiger partial charge in [0.2, 0.25) is 0 Å². The van der Waals surface area contributed by atoms with Gasteiger partial charge < -0.3 is 25.2 Å². The van der Waals surface area contributed by atoms with Crippen LogP contribution in [0.2, 0.25) is 0 Å². The van der Waals surface area contributed by atoms with E-state index in [1.54, 1.807) is 0 Å². The van der Waals surface area contributed by atoms with Crippen LogP contribution in [0, 0.1) is 0 Å². The van der Waals surface area contributed by atoms with E-state index in [1.165, 1.54) is 16.9 Å². The zero-order valence-corrected chi connectivity index (χ0v) is 18.4. The summed E-state index contributed by atoms with van der Waals surface area (Å²) in [6, 6.07) is 8.45. The summed E-state index contributed by atoms with van der Waals surface area (Å²) in [5, 5.41) is 40.1. The van der Waals surface area contributed by atoms with Gasteiger partial charge in [-0.05, 0) is 32.5 Å². The number of hydrogen-bond donors (Lipinski definition) is 4. The number of aliphatic hydroxyl groups is 4. The lowest BCUT2D eigenvalue weighted by Crippen LogP contribution is -2.55. The van der Waals surface area contributed by atoms with Crippen LogP contribution in [0.3, 0.4) is 0 Å². The monoisotopic (exact) mass is 471 g/mol. The molecule has 0 saturated carbocycles. The van der Waals surface area contributed by atoms with Gasteiger partial charge in [0.1, 0.15) is 40.1 Å². The van der Waals surface area contributed by atoms with E-state index in [-0.39, 0.29) is 5.41 Å². The van der Waals surface area contributed by atoms with Crippen molar-refractivity contribution in [2.24, 2.45) is 0 Å². The molecule has 28 heavy (non-hydrogen) atoms. The summed E-state index contributed by atoms with van der Waals surface area (Å²) < 4.78 is 6.26. The van der Waals surface area contributed by atoms with E-state index in [2.05, 4.69) is 66.0 Å². The van der Waals surface area contributed by atoms with E-state index in [0.717, 1.165) is 10.4 Å². The van der Waals surface area contributed by atoms with E-state index in [9.17, 15) is 20.4 Å². The molecule has 1 aliphatic heterocycles. The predicted octanol–water partition coefficient (Wildman–Crippen LogP) is 2.31. The molecule has 5 atom stereocenters. The number of hydrogen-bond acceptors (Lipinski definition) is 7. The maximum absolute atomic E-state index is 10.3. The Balaban J connectivity index is 1.79. The number of nitrogens with zero attached hydrogens (tertiary/aromatic N) is 1. The Morgan fingerprint density at radius 2 is 1.71 bits per heavy atom. The topological polar surface area (TPSA) is 103 Å². The second kappa shape index (κ2) is 8.47. The van der Waals surface area contributed by atoms with Crippen molar-refractivity contribution in [3.63, 3.8) is 0 Å². The molecule has 0 amide bonds. The molecule has 0 bridgehead atoms. The number of benzene rings is 1. The van der Waals surface area contributed by atoms with Crippen molar-refractivity contribution in [2.45, 2.75) is 63.1 Å². The molecule has 8 heteroatoms. The Labute approximate surface area is 177 Å². The highest BCUT2D eigenvalue weighted by molar-refractivity contribution is 9.10. The predicted molar refractivity (Wildman–Crippen MR) is 110 cm³/mol. The Hall–Kier alpha value is -0.870. The molecular formula is C20H26BrNO5S. The van der Waals surface area contributed by atoms with Gasteiger partial charge in [0, 0.05) is 11.3 Å². The number of aromatic nitrogens is 1. The molecule has 2 aromatic rings. The normalized spacial score (nSPS) is 28.5. The summed E-state index contributed by atoms with van der Waals surface area (Å²) in [5.74, 6) is 0. The second-order valence-electron chi connectivity index (χ2n) is 8.14. The van der Waals surface area contributed by atoms with Crippen molar-refractivity contribution in [3.8, 4) is 0 Å². The van der Waals surface area contributed by atoms with Crippen molar-refractivity contribution in [2.75, 3.05) is 6.61 Å². The van der Waals surface area contributed by atoms with Crippen LogP contribution < -0.4 is 0 Å². The highest BCUT2D eigenvalue weighted by atomic mass is 79.9. The molecule has 1 saturated heterocycles. The van der Waals surface area contributed by atoms with Crippen molar-refractivity contribution < 1.29 is 25.2 Å². The molecule has 4 N–H and O–H groups in total. The fourth-order valence-corrected chi connectivity index (χ4v) is 4.96. The molecule has 3 rings (SSSR count). The standard InChI is InChI=1S/C20H26BrNO5S/c1-20(2,3)11-6-4-10(5-7-11)8-13-18(21)22-19(28-13)17-16(26)15(25)14(24)12(9-23)27-17/h4-7,12,14-17,23-26H,8-9H2,1-3H3/t12-,14-,15+,16-,17-/m1/s1. The first-order valence-electron chi connectivity index (χ1n) is 9.17. The Bertz CT molecular complexity index is 802. The van der Waals surface area contributed by atoms with Crippen LogP contribution in [0.4, 0.5) is 0 Å². The summed E-state index contributed by atoms with van der Waals surface area (Å²) in [7, 11) is 0.